The van der Waals surface area contributed by atoms with Crippen molar-refractivity contribution in [2.75, 3.05) is 26.8 Å². The molecule has 0 aliphatic carbocycles. The van der Waals surface area contributed by atoms with Crippen LogP contribution in [-0.4, -0.2) is 66.2 Å². The van der Waals surface area contributed by atoms with Gasteiger partial charge in [0.25, 0.3) is 0 Å². The molecule has 0 aromatic carbocycles. The molecule has 0 aromatic rings. The van der Waals surface area contributed by atoms with Crippen LogP contribution >= 0.6 is 0 Å². The third kappa shape index (κ3) is 8.11. The number of likely N-dealkylation sites (tertiary alicyclic amines) is 1. The average molecular weight is 315 g/mol. The third-order valence-corrected chi connectivity index (χ3v) is 3.67. The van der Waals surface area contributed by atoms with Gasteiger partial charge in [0.2, 0.25) is 0 Å². The van der Waals surface area contributed by atoms with E-state index in [0.717, 1.165) is 32.1 Å². The summed E-state index contributed by atoms with van der Waals surface area (Å²) < 4.78 is 11.1. The molecule has 2 rings (SSSR count). The van der Waals surface area contributed by atoms with Gasteiger partial charge in [0, 0.05) is 18.2 Å². The van der Waals surface area contributed by atoms with Gasteiger partial charge in [-0.2, -0.15) is 0 Å². The summed E-state index contributed by atoms with van der Waals surface area (Å²) in [5.74, 6) is -2.51. The van der Waals surface area contributed by atoms with E-state index in [1.54, 1.807) is 0 Å². The van der Waals surface area contributed by atoms with Gasteiger partial charge in [0.05, 0.1) is 13.2 Å². The van der Waals surface area contributed by atoms with Crippen LogP contribution in [0.1, 0.15) is 32.1 Å². The molecule has 126 valence electrons. The zero-order chi connectivity index (χ0) is 16.4. The monoisotopic (exact) mass is 315 g/mol. The largest absolute Gasteiger partial charge is 0.478 e. The highest BCUT2D eigenvalue weighted by molar-refractivity contribution is 5.89. The number of carbonyl (C=O) groups is 2. The molecule has 2 aliphatic heterocycles. The summed E-state index contributed by atoms with van der Waals surface area (Å²) in [7, 11) is 2.22. The molecule has 0 aromatic heterocycles. The summed E-state index contributed by atoms with van der Waals surface area (Å²) in [6.07, 6.45) is 7.25. The van der Waals surface area contributed by atoms with Crippen molar-refractivity contribution in [2.24, 2.45) is 0 Å². The smallest absolute Gasteiger partial charge is 0.328 e. The number of carboxylic acid groups (broad SMARTS) is 2. The minimum Gasteiger partial charge on any atom is -0.478 e. The Morgan fingerprint density at radius 2 is 1.68 bits per heavy atom. The standard InChI is InChI=1S/C11H21NO2.C4H4O4/c1-12-7-2-4-10(12)5-6-11-13-8-3-9-14-11;5-3(6)1-2-4(7)8/h10-11H,2-9H2,1H3;1-2H,(H,5,6)(H,7,8)/b;2-1+. The summed E-state index contributed by atoms with van der Waals surface area (Å²) in [6.45, 7) is 3.02. The Labute approximate surface area is 130 Å². The fraction of sp³-hybridized carbons (Fsp3) is 0.733. The highest BCUT2D eigenvalue weighted by Gasteiger charge is 2.23. The highest BCUT2D eigenvalue weighted by Crippen LogP contribution is 2.21. The van der Waals surface area contributed by atoms with Crippen LogP contribution in [0.4, 0.5) is 0 Å². The molecule has 0 spiro atoms. The summed E-state index contributed by atoms with van der Waals surface area (Å²) in [5, 5.41) is 15.6. The van der Waals surface area contributed by atoms with Crippen LogP contribution in [-0.2, 0) is 19.1 Å². The maximum atomic E-state index is 9.55. The van der Waals surface area contributed by atoms with Crippen molar-refractivity contribution in [1.29, 1.82) is 0 Å². The predicted molar refractivity (Wildman–Crippen MR) is 79.6 cm³/mol. The number of hydrogen-bond donors (Lipinski definition) is 2. The van der Waals surface area contributed by atoms with Crippen molar-refractivity contribution < 1.29 is 29.3 Å². The molecule has 2 N–H and O–H groups in total. The zero-order valence-corrected chi connectivity index (χ0v) is 12.9. The van der Waals surface area contributed by atoms with Crippen LogP contribution in [0.5, 0.6) is 0 Å². The van der Waals surface area contributed by atoms with Gasteiger partial charge < -0.3 is 24.6 Å². The minimum absolute atomic E-state index is 0.0812. The van der Waals surface area contributed by atoms with Crippen LogP contribution in [0.25, 0.3) is 0 Å². The fourth-order valence-corrected chi connectivity index (χ4v) is 2.52. The first-order valence-electron chi connectivity index (χ1n) is 7.56. The maximum Gasteiger partial charge on any atom is 0.328 e. The molecule has 0 saturated carbocycles. The van der Waals surface area contributed by atoms with Crippen molar-refractivity contribution in [3.05, 3.63) is 12.2 Å². The molecule has 0 amide bonds. The summed E-state index contributed by atoms with van der Waals surface area (Å²) >= 11 is 0. The molecule has 7 nitrogen and oxygen atoms in total. The van der Waals surface area contributed by atoms with Gasteiger partial charge in [-0.15, -0.1) is 0 Å². The molecule has 1 atom stereocenters. The van der Waals surface area contributed by atoms with Gasteiger partial charge in [0.15, 0.2) is 6.29 Å². The van der Waals surface area contributed by atoms with E-state index in [0.29, 0.717) is 12.2 Å². The van der Waals surface area contributed by atoms with Crippen LogP contribution in [0.15, 0.2) is 12.2 Å². The zero-order valence-electron chi connectivity index (χ0n) is 12.9. The van der Waals surface area contributed by atoms with E-state index in [9.17, 15) is 9.59 Å². The van der Waals surface area contributed by atoms with Crippen molar-refractivity contribution in [3.8, 4) is 0 Å². The van der Waals surface area contributed by atoms with E-state index in [-0.39, 0.29) is 6.29 Å². The van der Waals surface area contributed by atoms with Gasteiger partial charge in [-0.1, -0.05) is 0 Å². The molecular weight excluding hydrogens is 290 g/mol. The molecular formula is C15H25NO6. The van der Waals surface area contributed by atoms with Crippen LogP contribution in [0, 0.1) is 0 Å². The normalized spacial score (nSPS) is 23.2. The quantitative estimate of drug-likeness (QED) is 0.739. The lowest BCUT2D eigenvalue weighted by Crippen LogP contribution is -2.29. The van der Waals surface area contributed by atoms with Crippen molar-refractivity contribution >= 4 is 11.9 Å². The van der Waals surface area contributed by atoms with E-state index in [4.69, 9.17) is 19.7 Å². The van der Waals surface area contributed by atoms with Crippen molar-refractivity contribution in [2.45, 2.75) is 44.4 Å². The lowest BCUT2D eigenvalue weighted by molar-refractivity contribution is -0.182. The van der Waals surface area contributed by atoms with Crippen LogP contribution in [0.3, 0.4) is 0 Å². The molecule has 1 unspecified atom stereocenters. The second-order valence-corrected chi connectivity index (χ2v) is 5.39. The van der Waals surface area contributed by atoms with Crippen molar-refractivity contribution in [1.82, 2.24) is 4.90 Å². The SMILES string of the molecule is CN1CCCC1CCC1OCCCO1.O=C(O)/C=C/C(=O)O. The predicted octanol–water partition coefficient (Wildman–Crippen LogP) is 1.34. The molecule has 0 bridgehead atoms. The van der Waals surface area contributed by atoms with E-state index < -0.39 is 11.9 Å². The number of carboxylic acids is 2. The van der Waals surface area contributed by atoms with E-state index >= 15 is 0 Å². The lowest BCUT2D eigenvalue weighted by Gasteiger charge is -2.26. The molecule has 2 aliphatic rings. The number of nitrogens with zero attached hydrogens (tertiary/aromatic N) is 1. The maximum absolute atomic E-state index is 9.55. The molecule has 2 fully saturated rings. The van der Waals surface area contributed by atoms with E-state index in [2.05, 4.69) is 11.9 Å². The highest BCUT2D eigenvalue weighted by atomic mass is 16.7. The fourth-order valence-electron chi connectivity index (χ4n) is 2.52. The Balaban J connectivity index is 0.000000261. The first-order chi connectivity index (χ1) is 10.5. The second kappa shape index (κ2) is 10.3. The molecule has 2 heterocycles. The molecule has 2 saturated heterocycles. The topological polar surface area (TPSA) is 96.3 Å². The van der Waals surface area contributed by atoms with Crippen LogP contribution in [0.2, 0.25) is 0 Å². The Morgan fingerprint density at radius 3 is 2.14 bits per heavy atom. The number of aliphatic carboxylic acids is 2. The van der Waals surface area contributed by atoms with E-state index in [1.165, 1.54) is 25.8 Å². The molecule has 7 heteroatoms. The Morgan fingerprint density at radius 1 is 1.09 bits per heavy atom. The van der Waals surface area contributed by atoms with Gasteiger partial charge in [-0.05, 0) is 45.7 Å². The first kappa shape index (κ1) is 18.6. The first-order valence-corrected chi connectivity index (χ1v) is 7.56. The van der Waals surface area contributed by atoms with E-state index in [1.807, 2.05) is 0 Å². The van der Waals surface area contributed by atoms with Crippen LogP contribution < -0.4 is 0 Å². The molecule has 22 heavy (non-hydrogen) atoms. The van der Waals surface area contributed by atoms with Gasteiger partial charge in [0.1, 0.15) is 0 Å². The second-order valence-electron chi connectivity index (χ2n) is 5.39. The number of ether oxygens (including phenoxy) is 2. The molecule has 0 radical (unpaired) electrons. The Kier molecular flexibility index (Phi) is 8.72. The minimum atomic E-state index is -1.26. The third-order valence-electron chi connectivity index (χ3n) is 3.67. The summed E-state index contributed by atoms with van der Waals surface area (Å²) in [4.78, 5) is 21.6. The lowest BCUT2D eigenvalue weighted by atomic mass is 10.1. The average Bonchev–Trinajstić information content (AvgIpc) is 2.90. The Bertz CT molecular complexity index is 362. The number of rotatable bonds is 5. The summed E-state index contributed by atoms with van der Waals surface area (Å²) in [6, 6.07) is 0.768. The van der Waals surface area contributed by atoms with Crippen molar-refractivity contribution in [3.63, 3.8) is 0 Å². The van der Waals surface area contributed by atoms with Gasteiger partial charge in [-0.25, -0.2) is 9.59 Å². The number of hydrogen-bond acceptors (Lipinski definition) is 5. The van der Waals surface area contributed by atoms with Gasteiger partial charge in [-0.3, -0.25) is 0 Å². The van der Waals surface area contributed by atoms with Gasteiger partial charge >= 0.3 is 11.9 Å². The summed E-state index contributed by atoms with van der Waals surface area (Å²) in [5.41, 5.74) is 0. The Hall–Kier alpha value is -1.44.